The summed E-state index contributed by atoms with van der Waals surface area (Å²) in [5, 5.41) is 9.32. The van der Waals surface area contributed by atoms with Crippen LogP contribution in [0.2, 0.25) is 0 Å². The van der Waals surface area contributed by atoms with E-state index in [0.717, 1.165) is 62.4 Å². The van der Waals surface area contributed by atoms with Crippen LogP contribution in [-0.2, 0) is 4.74 Å². The Morgan fingerprint density at radius 3 is 2.00 bits per heavy atom. The predicted molar refractivity (Wildman–Crippen MR) is 94.0 cm³/mol. The number of benzene rings is 2. The normalized spacial score (nSPS) is 10.7. The number of unbranched alkanes of at least 4 members (excludes halogenated alkanes) is 2. The number of aromatic hydroxyl groups is 1. The van der Waals surface area contributed by atoms with Crippen LogP contribution in [0, 0.1) is 0 Å². The molecule has 0 aromatic heterocycles. The molecule has 0 saturated heterocycles. The molecule has 0 saturated carbocycles. The Morgan fingerprint density at radius 1 is 0.739 bits per heavy atom. The summed E-state index contributed by atoms with van der Waals surface area (Å²) in [5.41, 5.74) is 2.20. The van der Waals surface area contributed by atoms with E-state index in [1.54, 1.807) is 12.1 Å². The van der Waals surface area contributed by atoms with E-state index in [1.807, 2.05) is 36.4 Å². The second-order valence-electron chi connectivity index (χ2n) is 5.59. The molecule has 0 aliphatic rings. The van der Waals surface area contributed by atoms with Crippen LogP contribution >= 0.6 is 0 Å². The van der Waals surface area contributed by atoms with Gasteiger partial charge in [0.05, 0.1) is 6.61 Å². The fraction of sp³-hybridized carbons (Fsp3) is 0.400. The quantitative estimate of drug-likeness (QED) is 0.625. The molecular weight excluding hydrogens is 288 g/mol. The third kappa shape index (κ3) is 6.33. The minimum absolute atomic E-state index is 0.286. The maximum atomic E-state index is 9.32. The third-order valence-electron chi connectivity index (χ3n) is 3.61. The molecule has 0 fully saturated rings. The molecule has 0 radical (unpaired) electrons. The molecule has 124 valence electrons. The van der Waals surface area contributed by atoms with Gasteiger partial charge in [0.25, 0.3) is 0 Å². The van der Waals surface area contributed by atoms with Crippen LogP contribution in [0.5, 0.6) is 11.5 Å². The van der Waals surface area contributed by atoms with Crippen LogP contribution in [0.25, 0.3) is 11.1 Å². The summed E-state index contributed by atoms with van der Waals surface area (Å²) in [4.78, 5) is 0. The lowest BCUT2D eigenvalue weighted by molar-refractivity contribution is 0.129. The number of hydrogen-bond donors (Lipinski definition) is 1. The summed E-state index contributed by atoms with van der Waals surface area (Å²) in [6.07, 6.45) is 4.37. The largest absolute Gasteiger partial charge is 0.508 e. The van der Waals surface area contributed by atoms with Crippen molar-refractivity contribution in [2.75, 3.05) is 19.8 Å². The SMILES string of the molecule is CCCOCCCCCOc1ccc(-c2ccc(O)cc2)cc1. The molecule has 0 atom stereocenters. The van der Waals surface area contributed by atoms with Crippen molar-refractivity contribution in [2.45, 2.75) is 32.6 Å². The zero-order chi connectivity index (χ0) is 16.3. The molecule has 0 aliphatic carbocycles. The molecule has 2 rings (SSSR count). The number of phenols is 1. The second-order valence-corrected chi connectivity index (χ2v) is 5.59. The Kier molecular flexibility index (Phi) is 7.47. The number of hydrogen-bond acceptors (Lipinski definition) is 3. The summed E-state index contributed by atoms with van der Waals surface area (Å²) in [6.45, 7) is 4.59. The lowest BCUT2D eigenvalue weighted by atomic mass is 10.1. The highest BCUT2D eigenvalue weighted by Crippen LogP contribution is 2.24. The highest BCUT2D eigenvalue weighted by atomic mass is 16.5. The Balaban J connectivity index is 1.68. The fourth-order valence-corrected chi connectivity index (χ4v) is 2.32. The molecule has 0 heterocycles. The topological polar surface area (TPSA) is 38.7 Å². The summed E-state index contributed by atoms with van der Waals surface area (Å²) in [6, 6.07) is 15.3. The second kappa shape index (κ2) is 9.90. The van der Waals surface area contributed by atoms with Gasteiger partial charge in [-0.15, -0.1) is 0 Å². The Labute approximate surface area is 138 Å². The number of rotatable bonds is 10. The maximum Gasteiger partial charge on any atom is 0.119 e. The Morgan fingerprint density at radius 2 is 1.35 bits per heavy atom. The summed E-state index contributed by atoms with van der Waals surface area (Å²) < 4.78 is 11.2. The number of phenolic OH excluding ortho intramolecular Hbond substituents is 1. The first-order valence-electron chi connectivity index (χ1n) is 8.39. The van der Waals surface area contributed by atoms with Crippen molar-refractivity contribution in [1.29, 1.82) is 0 Å². The Bertz CT molecular complexity index is 546. The van der Waals surface area contributed by atoms with E-state index in [2.05, 4.69) is 6.92 Å². The zero-order valence-corrected chi connectivity index (χ0v) is 13.8. The van der Waals surface area contributed by atoms with E-state index in [0.29, 0.717) is 0 Å². The van der Waals surface area contributed by atoms with Crippen LogP contribution in [0.3, 0.4) is 0 Å². The molecule has 1 N–H and O–H groups in total. The van der Waals surface area contributed by atoms with Gasteiger partial charge in [-0.2, -0.15) is 0 Å². The van der Waals surface area contributed by atoms with Crippen molar-refractivity contribution < 1.29 is 14.6 Å². The molecule has 3 heteroatoms. The fourth-order valence-electron chi connectivity index (χ4n) is 2.32. The first-order valence-corrected chi connectivity index (χ1v) is 8.39. The van der Waals surface area contributed by atoms with Crippen molar-refractivity contribution in [3.05, 3.63) is 48.5 Å². The van der Waals surface area contributed by atoms with Crippen molar-refractivity contribution in [1.82, 2.24) is 0 Å². The van der Waals surface area contributed by atoms with Gasteiger partial charge in [0.2, 0.25) is 0 Å². The minimum atomic E-state index is 0.286. The standard InChI is InChI=1S/C20H26O3/c1-2-14-22-15-4-3-5-16-23-20-12-8-18(9-13-20)17-6-10-19(21)11-7-17/h6-13,21H,2-5,14-16H2,1H3. The van der Waals surface area contributed by atoms with Crippen LogP contribution in [-0.4, -0.2) is 24.9 Å². The van der Waals surface area contributed by atoms with Crippen LogP contribution in [0.15, 0.2) is 48.5 Å². The van der Waals surface area contributed by atoms with Gasteiger partial charge in [-0.3, -0.25) is 0 Å². The summed E-state index contributed by atoms with van der Waals surface area (Å²) in [5.74, 6) is 1.18. The predicted octanol–water partition coefficient (Wildman–Crippen LogP) is 5.03. The first-order chi connectivity index (χ1) is 11.3. The van der Waals surface area contributed by atoms with Gasteiger partial charge in [-0.1, -0.05) is 31.2 Å². The highest BCUT2D eigenvalue weighted by molar-refractivity contribution is 5.64. The zero-order valence-electron chi connectivity index (χ0n) is 13.8. The van der Waals surface area contributed by atoms with E-state index in [-0.39, 0.29) is 5.75 Å². The first kappa shape index (κ1) is 17.4. The van der Waals surface area contributed by atoms with Crippen molar-refractivity contribution >= 4 is 0 Å². The molecule has 0 spiro atoms. The van der Waals surface area contributed by atoms with E-state index in [4.69, 9.17) is 9.47 Å². The molecular formula is C20H26O3. The molecule has 0 unspecified atom stereocenters. The molecule has 0 aliphatic heterocycles. The van der Waals surface area contributed by atoms with Gasteiger partial charge >= 0.3 is 0 Å². The average molecular weight is 314 g/mol. The van der Waals surface area contributed by atoms with Gasteiger partial charge in [0.15, 0.2) is 0 Å². The lowest BCUT2D eigenvalue weighted by Gasteiger charge is -2.08. The monoisotopic (exact) mass is 314 g/mol. The molecule has 23 heavy (non-hydrogen) atoms. The van der Waals surface area contributed by atoms with Crippen molar-refractivity contribution in [3.8, 4) is 22.6 Å². The van der Waals surface area contributed by atoms with Gasteiger partial charge < -0.3 is 14.6 Å². The van der Waals surface area contributed by atoms with E-state index in [1.165, 1.54) is 0 Å². The molecule has 0 bridgehead atoms. The third-order valence-corrected chi connectivity index (χ3v) is 3.61. The highest BCUT2D eigenvalue weighted by Gasteiger charge is 1.99. The van der Waals surface area contributed by atoms with Gasteiger partial charge in [0.1, 0.15) is 11.5 Å². The van der Waals surface area contributed by atoms with E-state index >= 15 is 0 Å². The summed E-state index contributed by atoms with van der Waals surface area (Å²) >= 11 is 0. The molecule has 2 aromatic rings. The summed E-state index contributed by atoms with van der Waals surface area (Å²) in [7, 11) is 0. The van der Waals surface area contributed by atoms with Crippen LogP contribution in [0.4, 0.5) is 0 Å². The molecule has 3 nitrogen and oxygen atoms in total. The average Bonchev–Trinajstić information content (AvgIpc) is 2.59. The Hall–Kier alpha value is -2.00. The van der Waals surface area contributed by atoms with E-state index < -0.39 is 0 Å². The number of ether oxygens (including phenoxy) is 2. The van der Waals surface area contributed by atoms with Gasteiger partial charge in [0, 0.05) is 13.2 Å². The van der Waals surface area contributed by atoms with Crippen molar-refractivity contribution in [3.63, 3.8) is 0 Å². The van der Waals surface area contributed by atoms with E-state index in [9.17, 15) is 5.11 Å². The van der Waals surface area contributed by atoms with Gasteiger partial charge in [-0.25, -0.2) is 0 Å². The molecule has 2 aromatic carbocycles. The van der Waals surface area contributed by atoms with Crippen LogP contribution < -0.4 is 4.74 Å². The maximum absolute atomic E-state index is 9.32. The smallest absolute Gasteiger partial charge is 0.119 e. The molecule has 0 amide bonds. The van der Waals surface area contributed by atoms with Crippen LogP contribution in [0.1, 0.15) is 32.6 Å². The lowest BCUT2D eigenvalue weighted by Crippen LogP contribution is -2.00. The van der Waals surface area contributed by atoms with Gasteiger partial charge in [-0.05, 0) is 61.1 Å². The minimum Gasteiger partial charge on any atom is -0.508 e. The van der Waals surface area contributed by atoms with Crippen molar-refractivity contribution in [2.24, 2.45) is 0 Å².